The summed E-state index contributed by atoms with van der Waals surface area (Å²) in [4.78, 5) is 0. The summed E-state index contributed by atoms with van der Waals surface area (Å²) in [6, 6.07) is 4.59. The number of hydrogen-bond acceptors (Lipinski definition) is 2. The van der Waals surface area contributed by atoms with Gasteiger partial charge in [-0.15, -0.1) is 0 Å². The summed E-state index contributed by atoms with van der Waals surface area (Å²) in [6.07, 6.45) is 0.0140. The van der Waals surface area contributed by atoms with E-state index < -0.39 is 0 Å². The SMILES string of the molecule is COC(C)C(C)Nc1ccc(Cl)cc1F. The fraction of sp³-hybridized carbons (Fsp3) is 0.455. The third kappa shape index (κ3) is 3.36. The van der Waals surface area contributed by atoms with Crippen LogP contribution in [0.4, 0.5) is 10.1 Å². The summed E-state index contributed by atoms with van der Waals surface area (Å²) < 4.78 is 18.5. The predicted molar refractivity (Wildman–Crippen MR) is 61.0 cm³/mol. The van der Waals surface area contributed by atoms with Crippen LogP contribution in [0.5, 0.6) is 0 Å². The normalized spacial score (nSPS) is 14.7. The third-order valence-electron chi connectivity index (χ3n) is 2.39. The molecule has 15 heavy (non-hydrogen) atoms. The molecule has 1 aromatic rings. The van der Waals surface area contributed by atoms with Crippen LogP contribution in [-0.2, 0) is 4.74 Å². The minimum Gasteiger partial charge on any atom is -0.380 e. The molecule has 2 nitrogen and oxygen atoms in total. The lowest BCUT2D eigenvalue weighted by molar-refractivity contribution is 0.106. The fourth-order valence-corrected chi connectivity index (χ4v) is 1.33. The first-order valence-electron chi connectivity index (χ1n) is 4.79. The zero-order chi connectivity index (χ0) is 11.4. The minimum absolute atomic E-state index is 0.0140. The first-order valence-corrected chi connectivity index (χ1v) is 5.16. The zero-order valence-electron chi connectivity index (χ0n) is 9.05. The van der Waals surface area contributed by atoms with Gasteiger partial charge in [0.05, 0.1) is 11.8 Å². The van der Waals surface area contributed by atoms with Crippen LogP contribution in [0.3, 0.4) is 0 Å². The molecule has 0 aliphatic carbocycles. The number of ether oxygens (including phenoxy) is 1. The summed E-state index contributed by atoms with van der Waals surface area (Å²) in [6.45, 7) is 3.85. The first kappa shape index (κ1) is 12.3. The zero-order valence-corrected chi connectivity index (χ0v) is 9.81. The Morgan fingerprint density at radius 3 is 2.60 bits per heavy atom. The maximum atomic E-state index is 13.4. The van der Waals surface area contributed by atoms with Gasteiger partial charge in [0.2, 0.25) is 0 Å². The van der Waals surface area contributed by atoms with Crippen LogP contribution in [0.1, 0.15) is 13.8 Å². The number of halogens is 2. The highest BCUT2D eigenvalue weighted by Crippen LogP contribution is 2.20. The van der Waals surface area contributed by atoms with Gasteiger partial charge in [0.1, 0.15) is 5.82 Å². The van der Waals surface area contributed by atoms with E-state index in [1.165, 1.54) is 6.07 Å². The molecule has 0 bridgehead atoms. The number of hydrogen-bond donors (Lipinski definition) is 1. The van der Waals surface area contributed by atoms with Gasteiger partial charge in [-0.3, -0.25) is 0 Å². The molecule has 0 aliphatic heterocycles. The van der Waals surface area contributed by atoms with Gasteiger partial charge in [0.15, 0.2) is 0 Å². The van der Waals surface area contributed by atoms with E-state index in [0.717, 1.165) is 0 Å². The van der Waals surface area contributed by atoms with Crippen molar-refractivity contribution < 1.29 is 9.13 Å². The van der Waals surface area contributed by atoms with Gasteiger partial charge < -0.3 is 10.1 Å². The maximum absolute atomic E-state index is 13.4. The van der Waals surface area contributed by atoms with Crippen molar-refractivity contribution in [3.63, 3.8) is 0 Å². The van der Waals surface area contributed by atoms with Crippen LogP contribution < -0.4 is 5.32 Å². The first-order chi connectivity index (χ1) is 7.04. The molecule has 2 unspecified atom stereocenters. The molecule has 4 heteroatoms. The summed E-state index contributed by atoms with van der Waals surface area (Å²) >= 11 is 5.65. The second-order valence-corrected chi connectivity index (χ2v) is 3.93. The van der Waals surface area contributed by atoms with E-state index >= 15 is 0 Å². The summed E-state index contributed by atoms with van der Waals surface area (Å²) in [5.41, 5.74) is 0.441. The smallest absolute Gasteiger partial charge is 0.147 e. The van der Waals surface area contributed by atoms with Crippen molar-refractivity contribution in [2.24, 2.45) is 0 Å². The van der Waals surface area contributed by atoms with Crippen molar-refractivity contribution in [3.05, 3.63) is 29.0 Å². The van der Waals surface area contributed by atoms with Crippen LogP contribution in [0.25, 0.3) is 0 Å². The molecule has 0 saturated heterocycles. The highest BCUT2D eigenvalue weighted by Gasteiger charge is 2.12. The number of methoxy groups -OCH3 is 1. The molecular formula is C11H15ClFNO. The molecule has 0 spiro atoms. The maximum Gasteiger partial charge on any atom is 0.147 e. The second-order valence-electron chi connectivity index (χ2n) is 3.50. The Labute approximate surface area is 94.4 Å². The van der Waals surface area contributed by atoms with Crippen molar-refractivity contribution in [1.82, 2.24) is 0 Å². The summed E-state index contributed by atoms with van der Waals surface area (Å²) in [5.74, 6) is -0.349. The second kappa shape index (κ2) is 5.33. The van der Waals surface area contributed by atoms with Gasteiger partial charge in [-0.25, -0.2) is 4.39 Å². The highest BCUT2D eigenvalue weighted by atomic mass is 35.5. The number of nitrogens with one attached hydrogen (secondary N) is 1. The van der Waals surface area contributed by atoms with Gasteiger partial charge >= 0.3 is 0 Å². The average molecular weight is 232 g/mol. The molecule has 0 radical (unpaired) electrons. The molecule has 0 heterocycles. The standard InChI is InChI=1S/C11H15ClFNO/c1-7(8(2)15-3)14-11-5-4-9(12)6-10(11)13/h4-8,14H,1-3H3. The molecule has 1 aromatic carbocycles. The number of benzene rings is 1. The van der Waals surface area contributed by atoms with Crippen LogP contribution in [0, 0.1) is 5.82 Å². The van der Waals surface area contributed by atoms with Gasteiger partial charge in [-0.2, -0.15) is 0 Å². The van der Waals surface area contributed by atoms with Crippen molar-refractivity contribution in [3.8, 4) is 0 Å². The topological polar surface area (TPSA) is 21.3 Å². The minimum atomic E-state index is -0.349. The van der Waals surface area contributed by atoms with Crippen LogP contribution >= 0.6 is 11.6 Å². The largest absolute Gasteiger partial charge is 0.380 e. The van der Waals surface area contributed by atoms with Crippen molar-refractivity contribution in [2.75, 3.05) is 12.4 Å². The average Bonchev–Trinajstić information content (AvgIpc) is 2.20. The van der Waals surface area contributed by atoms with E-state index in [1.807, 2.05) is 13.8 Å². The van der Waals surface area contributed by atoms with E-state index in [9.17, 15) is 4.39 Å². The highest BCUT2D eigenvalue weighted by molar-refractivity contribution is 6.30. The molecule has 2 atom stereocenters. The van der Waals surface area contributed by atoms with Gasteiger partial charge in [-0.05, 0) is 32.0 Å². The molecule has 0 fully saturated rings. The van der Waals surface area contributed by atoms with Crippen molar-refractivity contribution in [1.29, 1.82) is 0 Å². The quantitative estimate of drug-likeness (QED) is 0.859. The summed E-state index contributed by atoms with van der Waals surface area (Å²) in [5, 5.41) is 3.42. The number of rotatable bonds is 4. The van der Waals surface area contributed by atoms with Crippen LogP contribution in [-0.4, -0.2) is 19.3 Å². The molecule has 1 rings (SSSR count). The van der Waals surface area contributed by atoms with E-state index in [4.69, 9.17) is 16.3 Å². The molecule has 0 aromatic heterocycles. The Balaban J connectivity index is 2.72. The van der Waals surface area contributed by atoms with E-state index in [-0.39, 0.29) is 18.0 Å². The molecule has 0 saturated carbocycles. The van der Waals surface area contributed by atoms with Gasteiger partial charge in [0, 0.05) is 18.2 Å². The molecular weight excluding hydrogens is 217 g/mol. The molecule has 1 N–H and O–H groups in total. The van der Waals surface area contributed by atoms with E-state index in [2.05, 4.69) is 5.32 Å². The monoisotopic (exact) mass is 231 g/mol. The third-order valence-corrected chi connectivity index (χ3v) is 2.63. The Morgan fingerprint density at radius 1 is 1.40 bits per heavy atom. The van der Waals surface area contributed by atoms with E-state index in [0.29, 0.717) is 10.7 Å². The lowest BCUT2D eigenvalue weighted by Gasteiger charge is -2.21. The molecule has 84 valence electrons. The van der Waals surface area contributed by atoms with Crippen molar-refractivity contribution in [2.45, 2.75) is 26.0 Å². The summed E-state index contributed by atoms with van der Waals surface area (Å²) in [7, 11) is 1.63. The molecule has 0 aliphatic rings. The Bertz CT molecular complexity index is 332. The van der Waals surface area contributed by atoms with Crippen LogP contribution in [0.15, 0.2) is 18.2 Å². The van der Waals surface area contributed by atoms with Crippen LogP contribution in [0.2, 0.25) is 5.02 Å². The lowest BCUT2D eigenvalue weighted by atomic mass is 10.2. The fourth-order valence-electron chi connectivity index (χ4n) is 1.17. The molecule has 0 amide bonds. The number of anilines is 1. The Kier molecular flexibility index (Phi) is 4.36. The van der Waals surface area contributed by atoms with E-state index in [1.54, 1.807) is 19.2 Å². The lowest BCUT2D eigenvalue weighted by Crippen LogP contribution is -2.30. The Morgan fingerprint density at radius 2 is 2.07 bits per heavy atom. The van der Waals surface area contributed by atoms with Gasteiger partial charge in [-0.1, -0.05) is 11.6 Å². The van der Waals surface area contributed by atoms with Crippen molar-refractivity contribution >= 4 is 17.3 Å². The van der Waals surface area contributed by atoms with Gasteiger partial charge in [0.25, 0.3) is 0 Å². The predicted octanol–water partition coefficient (Wildman–Crippen LogP) is 3.31. The Hall–Kier alpha value is -0.800.